The van der Waals surface area contributed by atoms with Gasteiger partial charge in [0.15, 0.2) is 0 Å². The maximum Gasteiger partial charge on any atom is 0.309 e. The van der Waals surface area contributed by atoms with E-state index in [4.69, 9.17) is 5.11 Å². The monoisotopic (exact) mass is 270 g/mol. The second kappa shape index (κ2) is 5.50. The van der Waals surface area contributed by atoms with Gasteiger partial charge in [0.05, 0.1) is 5.56 Å². The van der Waals surface area contributed by atoms with Gasteiger partial charge < -0.3 is 10.0 Å². The maximum absolute atomic E-state index is 14.0. The highest BCUT2D eigenvalue weighted by Crippen LogP contribution is 2.37. The van der Waals surface area contributed by atoms with Crippen molar-refractivity contribution in [3.05, 3.63) is 23.9 Å². The summed E-state index contributed by atoms with van der Waals surface area (Å²) in [6, 6.07) is 2.68. The van der Waals surface area contributed by atoms with E-state index < -0.39 is 18.3 Å². The lowest BCUT2D eigenvalue weighted by atomic mass is 10.0. The van der Waals surface area contributed by atoms with E-state index in [1.807, 2.05) is 4.90 Å². The van der Waals surface area contributed by atoms with Crippen molar-refractivity contribution in [2.45, 2.75) is 31.6 Å². The minimum atomic E-state index is -3.40. The van der Waals surface area contributed by atoms with Gasteiger partial charge in [-0.05, 0) is 31.4 Å². The van der Waals surface area contributed by atoms with Crippen LogP contribution in [0.15, 0.2) is 18.3 Å². The van der Waals surface area contributed by atoms with Crippen LogP contribution in [0.2, 0.25) is 0 Å². The quantitative estimate of drug-likeness (QED) is 0.913. The number of carboxylic acids is 1. The van der Waals surface area contributed by atoms with Crippen LogP contribution in [-0.2, 0) is 10.7 Å². The number of pyridine rings is 1. The Bertz CT molecular complexity index is 460. The van der Waals surface area contributed by atoms with Crippen molar-refractivity contribution >= 4 is 11.8 Å². The highest BCUT2D eigenvalue weighted by atomic mass is 19.3. The van der Waals surface area contributed by atoms with Crippen molar-refractivity contribution < 1.29 is 18.7 Å². The predicted octanol–water partition coefficient (Wildman–Crippen LogP) is 2.64. The van der Waals surface area contributed by atoms with Crippen molar-refractivity contribution in [1.82, 2.24) is 4.98 Å². The molecule has 0 aromatic carbocycles. The zero-order valence-electron chi connectivity index (χ0n) is 10.5. The summed E-state index contributed by atoms with van der Waals surface area (Å²) in [4.78, 5) is 16.4. The Morgan fingerprint density at radius 2 is 2.05 bits per heavy atom. The number of alkyl halides is 2. The van der Waals surface area contributed by atoms with E-state index in [9.17, 15) is 13.6 Å². The molecular formula is C13H16F2N2O2. The van der Waals surface area contributed by atoms with Crippen molar-refractivity contribution in [3.63, 3.8) is 0 Å². The first-order valence-electron chi connectivity index (χ1n) is 6.31. The molecule has 0 amide bonds. The molecule has 2 rings (SSSR count). The summed E-state index contributed by atoms with van der Waals surface area (Å²) >= 11 is 0. The lowest BCUT2D eigenvalue weighted by Crippen LogP contribution is -2.33. The third-order valence-corrected chi connectivity index (χ3v) is 3.21. The second-order valence-corrected chi connectivity index (χ2v) is 4.70. The first-order valence-corrected chi connectivity index (χ1v) is 6.31. The number of rotatable bonds is 4. The number of piperidine rings is 1. The molecule has 1 saturated heterocycles. The molecule has 0 unspecified atom stereocenters. The minimum absolute atomic E-state index is 0.216. The molecule has 1 aromatic heterocycles. The van der Waals surface area contributed by atoms with Crippen LogP contribution in [0.3, 0.4) is 0 Å². The number of nitrogens with zero attached hydrogens (tertiary/aromatic N) is 2. The van der Waals surface area contributed by atoms with Gasteiger partial charge in [0.25, 0.3) is 5.92 Å². The smallest absolute Gasteiger partial charge is 0.309 e. The van der Waals surface area contributed by atoms with Crippen LogP contribution in [0.4, 0.5) is 14.6 Å². The Morgan fingerprint density at radius 3 is 2.68 bits per heavy atom. The summed E-state index contributed by atoms with van der Waals surface area (Å²) in [5.41, 5.74) is -0.292. The Hall–Kier alpha value is -1.72. The molecule has 2 heterocycles. The van der Waals surface area contributed by atoms with E-state index in [0.29, 0.717) is 13.1 Å². The van der Waals surface area contributed by atoms with Crippen molar-refractivity contribution in [2.24, 2.45) is 0 Å². The SMILES string of the molecule is O=C(O)CC(F)(F)c1cccnc1N1CCCCC1. The molecule has 0 bridgehead atoms. The van der Waals surface area contributed by atoms with E-state index >= 15 is 0 Å². The molecule has 0 atom stereocenters. The van der Waals surface area contributed by atoms with Crippen molar-refractivity contribution in [1.29, 1.82) is 0 Å². The molecule has 19 heavy (non-hydrogen) atoms. The average Bonchev–Trinajstić information content (AvgIpc) is 2.38. The number of carbonyl (C=O) groups is 1. The van der Waals surface area contributed by atoms with Crippen LogP contribution in [0.5, 0.6) is 0 Å². The molecule has 1 aliphatic rings. The molecule has 1 N–H and O–H groups in total. The van der Waals surface area contributed by atoms with Crippen LogP contribution < -0.4 is 4.90 Å². The Morgan fingerprint density at radius 1 is 1.37 bits per heavy atom. The summed E-state index contributed by atoms with van der Waals surface area (Å²) in [5, 5.41) is 8.60. The van der Waals surface area contributed by atoms with E-state index in [1.54, 1.807) is 0 Å². The van der Waals surface area contributed by atoms with Gasteiger partial charge in [-0.15, -0.1) is 0 Å². The van der Waals surface area contributed by atoms with Crippen LogP contribution in [-0.4, -0.2) is 29.1 Å². The van der Waals surface area contributed by atoms with Gasteiger partial charge in [0, 0.05) is 19.3 Å². The van der Waals surface area contributed by atoms with Crippen LogP contribution in [0, 0.1) is 0 Å². The maximum atomic E-state index is 14.0. The number of aliphatic carboxylic acids is 1. The number of halogens is 2. The fourth-order valence-electron chi connectivity index (χ4n) is 2.33. The Labute approximate surface area is 110 Å². The Balaban J connectivity index is 2.31. The minimum Gasteiger partial charge on any atom is -0.481 e. The normalized spacial score (nSPS) is 16.4. The molecule has 1 fully saturated rings. The van der Waals surface area contributed by atoms with E-state index in [2.05, 4.69) is 4.98 Å². The third-order valence-electron chi connectivity index (χ3n) is 3.21. The molecule has 104 valence electrons. The molecule has 1 aliphatic heterocycles. The molecule has 4 nitrogen and oxygen atoms in total. The van der Waals surface area contributed by atoms with Gasteiger partial charge in [0.1, 0.15) is 12.2 Å². The topological polar surface area (TPSA) is 53.4 Å². The van der Waals surface area contributed by atoms with Crippen LogP contribution in [0.25, 0.3) is 0 Å². The van der Waals surface area contributed by atoms with Crippen LogP contribution >= 0.6 is 0 Å². The highest BCUT2D eigenvalue weighted by molar-refractivity contribution is 5.69. The molecule has 0 saturated carbocycles. The van der Waals surface area contributed by atoms with Gasteiger partial charge >= 0.3 is 5.97 Å². The van der Waals surface area contributed by atoms with Crippen molar-refractivity contribution in [3.8, 4) is 0 Å². The van der Waals surface area contributed by atoms with Gasteiger partial charge in [-0.1, -0.05) is 0 Å². The average molecular weight is 270 g/mol. The predicted molar refractivity (Wildman–Crippen MR) is 66.4 cm³/mol. The van der Waals surface area contributed by atoms with Crippen molar-refractivity contribution in [2.75, 3.05) is 18.0 Å². The summed E-state index contributed by atoms with van der Waals surface area (Å²) in [6.07, 6.45) is 3.23. The molecular weight excluding hydrogens is 254 g/mol. The lowest BCUT2D eigenvalue weighted by molar-refractivity contribution is -0.145. The number of anilines is 1. The van der Waals surface area contributed by atoms with Gasteiger partial charge in [-0.3, -0.25) is 4.79 Å². The van der Waals surface area contributed by atoms with E-state index in [0.717, 1.165) is 19.3 Å². The molecule has 0 aliphatic carbocycles. The summed E-state index contributed by atoms with van der Waals surface area (Å²) in [5.74, 6) is -4.70. The first kappa shape index (κ1) is 13.7. The molecule has 6 heteroatoms. The fourth-order valence-corrected chi connectivity index (χ4v) is 2.33. The summed E-state index contributed by atoms with van der Waals surface area (Å²) in [7, 11) is 0. The lowest BCUT2D eigenvalue weighted by Gasteiger charge is -2.30. The summed E-state index contributed by atoms with van der Waals surface area (Å²) < 4.78 is 27.9. The molecule has 1 aromatic rings. The first-order chi connectivity index (χ1) is 9.00. The van der Waals surface area contributed by atoms with Crippen LogP contribution in [0.1, 0.15) is 31.2 Å². The zero-order valence-corrected chi connectivity index (χ0v) is 10.5. The molecule has 0 spiro atoms. The zero-order chi connectivity index (χ0) is 13.9. The number of hydrogen-bond donors (Lipinski definition) is 1. The Kier molecular flexibility index (Phi) is 3.97. The standard InChI is InChI=1S/C13H16F2N2O2/c14-13(15,9-11(18)19)10-5-4-6-16-12(10)17-7-2-1-3-8-17/h4-6H,1-3,7-9H2,(H,18,19). The van der Waals surface area contributed by atoms with Gasteiger partial charge in [0.2, 0.25) is 0 Å². The third kappa shape index (κ3) is 3.19. The largest absolute Gasteiger partial charge is 0.481 e. The van der Waals surface area contributed by atoms with Gasteiger partial charge in [-0.2, -0.15) is 0 Å². The fraction of sp³-hybridized carbons (Fsp3) is 0.538. The number of aromatic nitrogens is 1. The second-order valence-electron chi connectivity index (χ2n) is 4.70. The molecule has 0 radical (unpaired) electrons. The highest BCUT2D eigenvalue weighted by Gasteiger charge is 2.38. The number of hydrogen-bond acceptors (Lipinski definition) is 3. The van der Waals surface area contributed by atoms with E-state index in [-0.39, 0.29) is 11.4 Å². The summed E-state index contributed by atoms with van der Waals surface area (Å²) in [6.45, 7) is 1.38. The van der Waals surface area contributed by atoms with E-state index in [1.165, 1.54) is 18.3 Å². The number of carboxylic acid groups (broad SMARTS) is 1. The van der Waals surface area contributed by atoms with Gasteiger partial charge in [-0.25, -0.2) is 13.8 Å².